The second-order valence-corrected chi connectivity index (χ2v) is 6.55. The Labute approximate surface area is 107 Å². The molecule has 0 N–H and O–H groups in total. The molecule has 0 aliphatic heterocycles. The lowest BCUT2D eigenvalue weighted by molar-refractivity contribution is -0.141. The van der Waals surface area contributed by atoms with Crippen LogP contribution in [0.1, 0.15) is 17.0 Å². The normalized spacial score (nSPS) is 13.1. The Morgan fingerprint density at radius 1 is 1.37 bits per heavy atom. The van der Waals surface area contributed by atoms with Crippen molar-refractivity contribution in [3.05, 3.63) is 35.3 Å². The van der Waals surface area contributed by atoms with E-state index in [1.807, 2.05) is 0 Å². The lowest BCUT2D eigenvalue weighted by Crippen LogP contribution is -2.13. The minimum absolute atomic E-state index is 0.0889. The highest BCUT2D eigenvalue weighted by Gasteiger charge is 2.38. The molecular weight excluding hydrogens is 281 g/mol. The number of rotatable bonds is 2. The molecule has 0 radical (unpaired) electrons. The van der Waals surface area contributed by atoms with Crippen molar-refractivity contribution >= 4 is 15.5 Å². The van der Waals surface area contributed by atoms with Crippen molar-refractivity contribution in [2.24, 2.45) is 0 Å². The lowest BCUT2D eigenvalue weighted by atomic mass is 10.3. The van der Waals surface area contributed by atoms with E-state index in [-0.39, 0.29) is 11.3 Å². The van der Waals surface area contributed by atoms with Crippen LogP contribution in [0.15, 0.2) is 18.3 Å². The third kappa shape index (κ3) is 2.89. The van der Waals surface area contributed by atoms with E-state index >= 15 is 0 Å². The molecule has 0 atom stereocenters. The number of fused-ring (bicyclic) bond motifs is 1. The molecule has 0 saturated carbocycles. The highest BCUT2D eigenvalue weighted by Crippen LogP contribution is 2.32. The van der Waals surface area contributed by atoms with Gasteiger partial charge in [0.2, 0.25) is 0 Å². The van der Waals surface area contributed by atoms with Crippen LogP contribution in [-0.2, 0) is 21.8 Å². The van der Waals surface area contributed by atoms with Gasteiger partial charge in [0.15, 0.2) is 15.5 Å². The number of pyridine rings is 1. The van der Waals surface area contributed by atoms with Crippen molar-refractivity contribution < 1.29 is 21.6 Å². The number of halogens is 3. The van der Waals surface area contributed by atoms with Crippen LogP contribution >= 0.6 is 0 Å². The molecule has 0 unspecified atom stereocenters. The summed E-state index contributed by atoms with van der Waals surface area (Å²) in [5.41, 5.74) is -0.670. The van der Waals surface area contributed by atoms with Gasteiger partial charge in [-0.25, -0.2) is 13.4 Å². The number of imidazole rings is 1. The summed E-state index contributed by atoms with van der Waals surface area (Å²) in [6, 6.07) is 3.07. The fourth-order valence-electron chi connectivity index (χ4n) is 1.81. The molecule has 8 heteroatoms. The van der Waals surface area contributed by atoms with Crippen molar-refractivity contribution in [3.63, 3.8) is 0 Å². The van der Waals surface area contributed by atoms with Gasteiger partial charge in [0.05, 0.1) is 11.4 Å². The minimum Gasteiger partial charge on any atom is -0.302 e. The van der Waals surface area contributed by atoms with Gasteiger partial charge < -0.3 is 4.40 Å². The van der Waals surface area contributed by atoms with Crippen LogP contribution in [0, 0.1) is 6.92 Å². The number of alkyl halides is 3. The van der Waals surface area contributed by atoms with Crippen molar-refractivity contribution in [1.82, 2.24) is 9.38 Å². The van der Waals surface area contributed by atoms with E-state index in [0.29, 0.717) is 0 Å². The summed E-state index contributed by atoms with van der Waals surface area (Å²) in [5.74, 6) is -0.702. The fraction of sp³-hybridized carbons (Fsp3) is 0.364. The molecular formula is C11H11F3N2O2S. The predicted molar refractivity (Wildman–Crippen MR) is 63.5 cm³/mol. The van der Waals surface area contributed by atoms with E-state index in [9.17, 15) is 21.6 Å². The second-order valence-electron chi connectivity index (χ2n) is 4.41. The summed E-state index contributed by atoms with van der Waals surface area (Å²) in [6.07, 6.45) is -2.39. The van der Waals surface area contributed by atoms with Crippen LogP contribution in [0.4, 0.5) is 13.2 Å². The van der Waals surface area contributed by atoms with E-state index in [4.69, 9.17) is 0 Å². The van der Waals surface area contributed by atoms with E-state index in [0.717, 1.165) is 16.2 Å². The largest absolute Gasteiger partial charge is 0.435 e. The average Bonchev–Trinajstić information content (AvgIpc) is 2.53. The summed E-state index contributed by atoms with van der Waals surface area (Å²) < 4.78 is 62.4. The molecule has 2 rings (SSSR count). The molecule has 104 valence electrons. The molecule has 0 aliphatic rings. The van der Waals surface area contributed by atoms with Gasteiger partial charge in [0.25, 0.3) is 0 Å². The zero-order valence-corrected chi connectivity index (χ0v) is 11.0. The molecule has 0 saturated heterocycles. The molecule has 2 aromatic heterocycles. The molecule has 2 heterocycles. The molecule has 0 spiro atoms. The number of nitrogens with zero attached hydrogens (tertiary/aromatic N) is 2. The smallest absolute Gasteiger partial charge is 0.302 e. The Kier molecular flexibility index (Phi) is 3.08. The van der Waals surface area contributed by atoms with E-state index in [2.05, 4.69) is 4.98 Å². The Bertz CT molecular complexity index is 732. The Hall–Kier alpha value is -1.57. The van der Waals surface area contributed by atoms with E-state index in [1.165, 1.54) is 12.3 Å². The lowest BCUT2D eigenvalue weighted by Gasteiger charge is -2.06. The van der Waals surface area contributed by atoms with Crippen LogP contribution in [0.2, 0.25) is 0 Å². The summed E-state index contributed by atoms with van der Waals surface area (Å²) in [5, 5.41) is 0. The number of aromatic nitrogens is 2. The average molecular weight is 292 g/mol. The first-order valence-electron chi connectivity index (χ1n) is 5.30. The van der Waals surface area contributed by atoms with Gasteiger partial charge in [0.1, 0.15) is 5.65 Å². The van der Waals surface area contributed by atoms with Crippen molar-refractivity contribution in [2.45, 2.75) is 18.9 Å². The summed E-state index contributed by atoms with van der Waals surface area (Å²) in [6.45, 7) is 1.72. The van der Waals surface area contributed by atoms with Crippen LogP contribution in [0.3, 0.4) is 0 Å². The van der Waals surface area contributed by atoms with Gasteiger partial charge in [-0.3, -0.25) is 0 Å². The van der Waals surface area contributed by atoms with Crippen LogP contribution in [-0.4, -0.2) is 24.1 Å². The first-order chi connectivity index (χ1) is 8.58. The predicted octanol–water partition coefficient (Wildman–Crippen LogP) is 2.21. The standard InChI is InChI=1S/C11H11F3N2O2S/c1-7-3-4-16-8(6-19(2,17)18)10(11(12,13)14)15-9(16)5-7/h3-5H,6H2,1-2H3. The molecule has 0 amide bonds. The molecule has 0 bridgehead atoms. The minimum atomic E-state index is -4.68. The van der Waals surface area contributed by atoms with Crippen LogP contribution in [0.5, 0.6) is 0 Å². The van der Waals surface area contributed by atoms with E-state index < -0.39 is 27.5 Å². The van der Waals surface area contributed by atoms with Gasteiger partial charge in [-0.05, 0) is 24.6 Å². The number of hydrogen-bond acceptors (Lipinski definition) is 3. The monoisotopic (exact) mass is 292 g/mol. The zero-order chi connectivity index (χ0) is 14.4. The number of sulfone groups is 1. The maximum atomic E-state index is 12.9. The number of hydrogen-bond donors (Lipinski definition) is 0. The van der Waals surface area contributed by atoms with Gasteiger partial charge in [-0.15, -0.1) is 0 Å². The third-order valence-corrected chi connectivity index (χ3v) is 3.35. The topological polar surface area (TPSA) is 51.4 Å². The highest BCUT2D eigenvalue weighted by atomic mass is 32.2. The zero-order valence-electron chi connectivity index (χ0n) is 10.2. The first-order valence-corrected chi connectivity index (χ1v) is 7.36. The van der Waals surface area contributed by atoms with Crippen molar-refractivity contribution in [1.29, 1.82) is 0 Å². The Balaban J connectivity index is 2.76. The summed E-state index contributed by atoms with van der Waals surface area (Å²) in [7, 11) is -3.59. The summed E-state index contributed by atoms with van der Waals surface area (Å²) >= 11 is 0. The quantitative estimate of drug-likeness (QED) is 0.852. The van der Waals surface area contributed by atoms with Crippen molar-refractivity contribution in [3.8, 4) is 0 Å². The molecule has 2 aromatic rings. The number of aryl methyl sites for hydroxylation is 1. The highest BCUT2D eigenvalue weighted by molar-refractivity contribution is 7.89. The Morgan fingerprint density at radius 3 is 2.53 bits per heavy atom. The first kappa shape index (κ1) is 13.9. The van der Waals surface area contributed by atoms with Gasteiger partial charge in [0, 0.05) is 12.5 Å². The van der Waals surface area contributed by atoms with Gasteiger partial charge >= 0.3 is 6.18 Å². The molecule has 4 nitrogen and oxygen atoms in total. The van der Waals surface area contributed by atoms with Crippen LogP contribution in [0.25, 0.3) is 5.65 Å². The maximum absolute atomic E-state index is 12.9. The molecule has 0 aromatic carbocycles. The van der Waals surface area contributed by atoms with E-state index in [1.54, 1.807) is 13.0 Å². The fourth-order valence-corrected chi connectivity index (χ4v) is 2.58. The molecule has 0 aliphatic carbocycles. The maximum Gasteiger partial charge on any atom is 0.435 e. The van der Waals surface area contributed by atoms with Crippen LogP contribution < -0.4 is 0 Å². The second kappa shape index (κ2) is 4.22. The van der Waals surface area contributed by atoms with Gasteiger partial charge in [-0.1, -0.05) is 0 Å². The molecule has 0 fully saturated rings. The Morgan fingerprint density at radius 2 is 2.00 bits per heavy atom. The van der Waals surface area contributed by atoms with Gasteiger partial charge in [-0.2, -0.15) is 13.2 Å². The summed E-state index contributed by atoms with van der Waals surface area (Å²) in [4.78, 5) is 3.50. The SMILES string of the molecule is Cc1ccn2c(CS(C)(=O)=O)c(C(F)(F)F)nc2c1. The third-order valence-electron chi connectivity index (χ3n) is 2.55. The molecule has 19 heavy (non-hydrogen) atoms. The van der Waals surface area contributed by atoms with Crippen molar-refractivity contribution in [2.75, 3.05) is 6.26 Å².